The zero-order valence-corrected chi connectivity index (χ0v) is 6.71. The van der Waals surface area contributed by atoms with E-state index in [0.717, 1.165) is 19.3 Å². The Balaban J connectivity index is 2.35. The van der Waals surface area contributed by atoms with Crippen molar-refractivity contribution in [1.82, 2.24) is 0 Å². The number of ether oxygens (including phenoxy) is 1. The molecule has 0 saturated heterocycles. The zero-order valence-electron chi connectivity index (χ0n) is 6.71. The summed E-state index contributed by atoms with van der Waals surface area (Å²) >= 11 is 0. The van der Waals surface area contributed by atoms with Crippen molar-refractivity contribution in [3.63, 3.8) is 0 Å². The maximum absolute atomic E-state index is 9.30. The van der Waals surface area contributed by atoms with E-state index in [9.17, 15) is 5.11 Å². The summed E-state index contributed by atoms with van der Waals surface area (Å²) in [5, 5.41) is 9.30. The largest absolute Gasteiger partial charge is 0.393 e. The average molecular weight is 144 g/mol. The average Bonchev–Trinajstić information content (AvgIpc) is 1.85. The van der Waals surface area contributed by atoms with Crippen LogP contribution in [0.3, 0.4) is 0 Å². The third kappa shape index (κ3) is 1.96. The fourth-order valence-electron chi connectivity index (χ4n) is 1.70. The molecule has 10 heavy (non-hydrogen) atoms. The molecule has 60 valence electrons. The third-order valence-corrected chi connectivity index (χ3v) is 2.21. The second-order valence-electron chi connectivity index (χ2n) is 3.32. The van der Waals surface area contributed by atoms with Crippen LogP contribution < -0.4 is 0 Å². The van der Waals surface area contributed by atoms with Gasteiger partial charge in [-0.15, -0.1) is 0 Å². The lowest BCUT2D eigenvalue weighted by molar-refractivity contribution is -0.00723. The predicted octanol–water partition coefficient (Wildman–Crippen LogP) is 1.18. The Kier molecular flexibility index (Phi) is 2.69. The van der Waals surface area contributed by atoms with E-state index in [0.29, 0.717) is 12.0 Å². The Bertz CT molecular complexity index is 93.4. The molecular formula is C8H16O2. The summed E-state index contributed by atoms with van der Waals surface area (Å²) in [6, 6.07) is 0. The summed E-state index contributed by atoms with van der Waals surface area (Å²) < 4.78 is 5.17. The molecule has 0 aromatic heterocycles. The van der Waals surface area contributed by atoms with Crippen molar-refractivity contribution in [2.45, 2.75) is 38.4 Å². The minimum absolute atomic E-state index is 0.131. The van der Waals surface area contributed by atoms with Crippen molar-refractivity contribution in [2.24, 2.45) is 5.92 Å². The van der Waals surface area contributed by atoms with Crippen LogP contribution >= 0.6 is 0 Å². The van der Waals surface area contributed by atoms with Gasteiger partial charge in [0.2, 0.25) is 0 Å². The van der Waals surface area contributed by atoms with E-state index >= 15 is 0 Å². The highest BCUT2D eigenvalue weighted by molar-refractivity contribution is 4.76. The van der Waals surface area contributed by atoms with Crippen molar-refractivity contribution >= 4 is 0 Å². The summed E-state index contributed by atoms with van der Waals surface area (Å²) in [5.41, 5.74) is 0. The van der Waals surface area contributed by atoms with Gasteiger partial charge >= 0.3 is 0 Å². The van der Waals surface area contributed by atoms with E-state index in [2.05, 4.69) is 6.92 Å². The van der Waals surface area contributed by atoms with Gasteiger partial charge in [0.05, 0.1) is 12.2 Å². The maximum Gasteiger partial charge on any atom is 0.0598 e. The Morgan fingerprint density at radius 3 is 2.50 bits per heavy atom. The van der Waals surface area contributed by atoms with Crippen LogP contribution in [0.5, 0.6) is 0 Å². The highest BCUT2D eigenvalue weighted by Gasteiger charge is 2.24. The van der Waals surface area contributed by atoms with E-state index in [4.69, 9.17) is 4.74 Å². The van der Waals surface area contributed by atoms with Gasteiger partial charge in [-0.05, 0) is 25.2 Å². The van der Waals surface area contributed by atoms with Crippen LogP contribution in [0.1, 0.15) is 26.2 Å². The van der Waals surface area contributed by atoms with Gasteiger partial charge in [0.25, 0.3) is 0 Å². The third-order valence-electron chi connectivity index (χ3n) is 2.21. The van der Waals surface area contributed by atoms with E-state index in [1.54, 1.807) is 7.11 Å². The van der Waals surface area contributed by atoms with Gasteiger partial charge in [0.1, 0.15) is 0 Å². The Morgan fingerprint density at radius 1 is 1.30 bits per heavy atom. The van der Waals surface area contributed by atoms with Gasteiger partial charge in [-0.3, -0.25) is 0 Å². The Morgan fingerprint density at radius 2 is 2.00 bits per heavy atom. The molecule has 1 N–H and O–H groups in total. The van der Waals surface area contributed by atoms with Crippen molar-refractivity contribution in [1.29, 1.82) is 0 Å². The second-order valence-corrected chi connectivity index (χ2v) is 3.32. The molecule has 0 bridgehead atoms. The molecule has 2 heteroatoms. The lowest BCUT2D eigenvalue weighted by Gasteiger charge is -2.29. The van der Waals surface area contributed by atoms with Crippen LogP contribution in [0.25, 0.3) is 0 Å². The van der Waals surface area contributed by atoms with Crippen LogP contribution in [0.4, 0.5) is 0 Å². The normalized spacial score (nSPS) is 41.7. The number of rotatable bonds is 1. The maximum atomic E-state index is 9.30. The van der Waals surface area contributed by atoms with E-state index in [-0.39, 0.29) is 6.10 Å². The van der Waals surface area contributed by atoms with Gasteiger partial charge in [-0.25, -0.2) is 0 Å². The van der Waals surface area contributed by atoms with Gasteiger partial charge in [0.15, 0.2) is 0 Å². The minimum atomic E-state index is -0.131. The molecule has 0 aromatic rings. The quantitative estimate of drug-likeness (QED) is 0.599. The molecule has 0 heterocycles. The summed E-state index contributed by atoms with van der Waals surface area (Å²) in [5.74, 6) is 0.619. The van der Waals surface area contributed by atoms with E-state index < -0.39 is 0 Å². The van der Waals surface area contributed by atoms with Crippen molar-refractivity contribution < 1.29 is 9.84 Å². The molecule has 0 aliphatic heterocycles. The fourth-order valence-corrected chi connectivity index (χ4v) is 1.70. The van der Waals surface area contributed by atoms with Gasteiger partial charge in [-0.1, -0.05) is 6.92 Å². The molecule has 3 atom stereocenters. The summed E-state index contributed by atoms with van der Waals surface area (Å²) in [4.78, 5) is 0. The smallest absolute Gasteiger partial charge is 0.0598 e. The first-order valence-corrected chi connectivity index (χ1v) is 3.93. The molecule has 0 amide bonds. The van der Waals surface area contributed by atoms with E-state index in [1.165, 1.54) is 0 Å². The van der Waals surface area contributed by atoms with Gasteiger partial charge < -0.3 is 9.84 Å². The summed E-state index contributed by atoms with van der Waals surface area (Å²) in [6.07, 6.45) is 3.03. The topological polar surface area (TPSA) is 29.5 Å². The molecular weight excluding hydrogens is 128 g/mol. The molecule has 1 aliphatic rings. The zero-order chi connectivity index (χ0) is 7.56. The number of hydrogen-bond acceptors (Lipinski definition) is 2. The van der Waals surface area contributed by atoms with Crippen molar-refractivity contribution in [3.8, 4) is 0 Å². The van der Waals surface area contributed by atoms with Crippen LogP contribution in [-0.4, -0.2) is 24.4 Å². The van der Waals surface area contributed by atoms with E-state index in [1.807, 2.05) is 0 Å². The standard InChI is InChI=1S/C8H16O2/c1-6-3-7(9)5-8(4-6)10-2/h6-9H,3-5H2,1-2H3/t6-,7-,8-/m1/s1. The lowest BCUT2D eigenvalue weighted by atomic mass is 9.87. The first kappa shape index (κ1) is 8.02. The fraction of sp³-hybridized carbons (Fsp3) is 1.00. The predicted molar refractivity (Wildman–Crippen MR) is 39.8 cm³/mol. The molecule has 0 unspecified atom stereocenters. The molecule has 2 nitrogen and oxygen atoms in total. The molecule has 1 saturated carbocycles. The SMILES string of the molecule is CO[C@@H]1C[C@H](C)C[C@@H](O)C1. The number of hydrogen-bond donors (Lipinski definition) is 1. The van der Waals surface area contributed by atoms with Crippen LogP contribution in [-0.2, 0) is 4.74 Å². The lowest BCUT2D eigenvalue weighted by Crippen LogP contribution is -2.29. The highest BCUT2D eigenvalue weighted by atomic mass is 16.5. The van der Waals surface area contributed by atoms with Gasteiger partial charge in [0, 0.05) is 7.11 Å². The van der Waals surface area contributed by atoms with Crippen molar-refractivity contribution in [2.75, 3.05) is 7.11 Å². The number of aliphatic hydroxyl groups excluding tert-OH is 1. The summed E-state index contributed by atoms with van der Waals surface area (Å²) in [7, 11) is 1.72. The number of aliphatic hydroxyl groups is 1. The molecule has 0 aromatic carbocycles. The second kappa shape index (κ2) is 3.35. The number of methoxy groups -OCH3 is 1. The van der Waals surface area contributed by atoms with Crippen LogP contribution in [0.15, 0.2) is 0 Å². The first-order valence-electron chi connectivity index (χ1n) is 3.93. The van der Waals surface area contributed by atoms with Crippen LogP contribution in [0, 0.1) is 5.92 Å². The van der Waals surface area contributed by atoms with Crippen LogP contribution in [0.2, 0.25) is 0 Å². The van der Waals surface area contributed by atoms with Crippen molar-refractivity contribution in [3.05, 3.63) is 0 Å². The Labute approximate surface area is 62.2 Å². The minimum Gasteiger partial charge on any atom is -0.393 e. The first-order chi connectivity index (χ1) is 4.72. The monoisotopic (exact) mass is 144 g/mol. The molecule has 1 fully saturated rings. The molecule has 1 rings (SSSR count). The summed E-state index contributed by atoms with van der Waals surface area (Å²) in [6.45, 7) is 2.16. The Hall–Kier alpha value is -0.0800. The highest BCUT2D eigenvalue weighted by Crippen LogP contribution is 2.25. The van der Waals surface area contributed by atoms with Gasteiger partial charge in [-0.2, -0.15) is 0 Å². The molecule has 0 spiro atoms. The molecule has 1 aliphatic carbocycles. The molecule has 0 radical (unpaired) electrons.